The summed E-state index contributed by atoms with van der Waals surface area (Å²) in [5.41, 5.74) is 3.64. The Morgan fingerprint density at radius 2 is 2.13 bits per heavy atom. The Bertz CT molecular complexity index is 453. The van der Waals surface area contributed by atoms with Crippen LogP contribution in [0, 0.1) is 0 Å². The van der Waals surface area contributed by atoms with E-state index in [0.29, 0.717) is 0 Å². The highest BCUT2D eigenvalue weighted by Crippen LogP contribution is 2.15. The number of imidazole rings is 1. The van der Waals surface area contributed by atoms with Crippen LogP contribution < -0.4 is 5.32 Å². The lowest BCUT2D eigenvalue weighted by Crippen LogP contribution is -2.24. The predicted octanol–water partition coefficient (Wildman–Crippen LogP) is 1.82. The lowest BCUT2D eigenvalue weighted by atomic mass is 10.2. The molecule has 2 aromatic rings. The van der Waals surface area contributed by atoms with Gasteiger partial charge in [-0.25, -0.2) is 4.98 Å². The summed E-state index contributed by atoms with van der Waals surface area (Å²) in [6, 6.07) is 6.13. The molecule has 5 heteroatoms. The minimum absolute atomic E-state index is 0. The fraction of sp³-hybridized carbons (Fsp3) is 0.300. The van der Waals surface area contributed by atoms with E-state index < -0.39 is 0 Å². The normalized spacial score (nSPS) is 13.9. The van der Waals surface area contributed by atoms with Gasteiger partial charge in [-0.2, -0.15) is 0 Å². The molecule has 1 aliphatic heterocycles. The van der Waals surface area contributed by atoms with Crippen molar-refractivity contribution in [2.45, 2.75) is 13.0 Å². The summed E-state index contributed by atoms with van der Waals surface area (Å²) in [5.74, 6) is 0. The van der Waals surface area contributed by atoms with Gasteiger partial charge < -0.3 is 9.72 Å². The molecular formula is C10H13Cl2N3. The molecule has 0 amide bonds. The maximum absolute atomic E-state index is 4.58. The largest absolute Gasteiger partial charge is 0.311 e. The summed E-state index contributed by atoms with van der Waals surface area (Å²) < 4.78 is 2.17. The van der Waals surface area contributed by atoms with Crippen molar-refractivity contribution < 1.29 is 0 Å². The first-order chi connectivity index (χ1) is 6.45. The van der Waals surface area contributed by atoms with Crippen LogP contribution in [0.15, 0.2) is 24.4 Å². The maximum Gasteiger partial charge on any atom is 0.137 e. The van der Waals surface area contributed by atoms with Crippen LogP contribution in [0.25, 0.3) is 5.65 Å². The second kappa shape index (κ2) is 4.84. The Morgan fingerprint density at radius 1 is 1.27 bits per heavy atom. The molecule has 0 aromatic carbocycles. The van der Waals surface area contributed by atoms with Gasteiger partial charge in [0.05, 0.1) is 11.4 Å². The smallest absolute Gasteiger partial charge is 0.137 e. The zero-order chi connectivity index (χ0) is 8.67. The highest BCUT2D eigenvalue weighted by atomic mass is 35.5. The number of halogens is 2. The quantitative estimate of drug-likeness (QED) is 0.768. The number of hydrogen-bond donors (Lipinski definition) is 1. The number of pyridine rings is 1. The van der Waals surface area contributed by atoms with E-state index in [1.54, 1.807) is 0 Å². The van der Waals surface area contributed by atoms with Crippen molar-refractivity contribution >= 4 is 30.5 Å². The van der Waals surface area contributed by atoms with Gasteiger partial charge in [-0.15, -0.1) is 24.8 Å². The van der Waals surface area contributed by atoms with Crippen molar-refractivity contribution in [3.63, 3.8) is 0 Å². The van der Waals surface area contributed by atoms with Gasteiger partial charge >= 0.3 is 0 Å². The maximum atomic E-state index is 4.58. The van der Waals surface area contributed by atoms with Crippen LogP contribution in [0.2, 0.25) is 0 Å². The first-order valence-corrected chi connectivity index (χ1v) is 4.61. The molecule has 0 saturated carbocycles. The van der Waals surface area contributed by atoms with E-state index in [1.165, 1.54) is 11.4 Å². The Morgan fingerprint density at radius 3 is 3.00 bits per heavy atom. The number of nitrogens with one attached hydrogen (secondary N) is 1. The predicted molar refractivity (Wildman–Crippen MR) is 65.1 cm³/mol. The second-order valence-electron chi connectivity index (χ2n) is 3.36. The molecule has 3 nitrogen and oxygen atoms in total. The topological polar surface area (TPSA) is 29.3 Å². The van der Waals surface area contributed by atoms with Gasteiger partial charge in [-0.05, 0) is 12.1 Å². The standard InChI is InChI=1S/C10H11N3.2ClH/c1-2-6-13-9-7-11-5-4-8(9)12-10(13)3-1;;/h1-3,6,11H,4-5,7H2;2*1H. The average Bonchev–Trinajstić information content (AvgIpc) is 2.56. The Balaban J connectivity index is 0.000000562. The summed E-state index contributed by atoms with van der Waals surface area (Å²) in [5, 5.41) is 3.36. The van der Waals surface area contributed by atoms with E-state index in [0.717, 1.165) is 25.2 Å². The van der Waals surface area contributed by atoms with Crippen LogP contribution in [0.1, 0.15) is 11.4 Å². The number of aromatic nitrogens is 2. The lowest BCUT2D eigenvalue weighted by Gasteiger charge is -2.11. The molecule has 0 atom stereocenters. The Labute approximate surface area is 101 Å². The minimum Gasteiger partial charge on any atom is -0.311 e. The molecule has 0 spiro atoms. The molecule has 15 heavy (non-hydrogen) atoms. The van der Waals surface area contributed by atoms with Crippen molar-refractivity contribution in [3.8, 4) is 0 Å². The molecule has 2 aromatic heterocycles. The van der Waals surface area contributed by atoms with Crippen molar-refractivity contribution in [2.75, 3.05) is 6.54 Å². The summed E-state index contributed by atoms with van der Waals surface area (Å²) in [6.07, 6.45) is 3.13. The first-order valence-electron chi connectivity index (χ1n) is 4.61. The molecule has 0 unspecified atom stereocenters. The fourth-order valence-electron chi connectivity index (χ4n) is 1.90. The van der Waals surface area contributed by atoms with E-state index in [9.17, 15) is 0 Å². The highest BCUT2D eigenvalue weighted by Gasteiger charge is 2.14. The van der Waals surface area contributed by atoms with Gasteiger partial charge in [0.1, 0.15) is 5.65 Å². The van der Waals surface area contributed by atoms with Crippen molar-refractivity contribution in [1.82, 2.24) is 14.7 Å². The summed E-state index contributed by atoms with van der Waals surface area (Å²) in [4.78, 5) is 4.58. The molecule has 3 heterocycles. The second-order valence-corrected chi connectivity index (χ2v) is 3.36. The van der Waals surface area contributed by atoms with Crippen molar-refractivity contribution in [2.24, 2.45) is 0 Å². The fourth-order valence-corrected chi connectivity index (χ4v) is 1.90. The molecule has 0 radical (unpaired) electrons. The van der Waals surface area contributed by atoms with Gasteiger partial charge in [-0.1, -0.05) is 6.07 Å². The summed E-state index contributed by atoms with van der Waals surface area (Å²) >= 11 is 0. The first kappa shape index (κ1) is 12.3. The summed E-state index contributed by atoms with van der Waals surface area (Å²) in [7, 11) is 0. The van der Waals surface area contributed by atoms with E-state index in [2.05, 4.69) is 27.0 Å². The van der Waals surface area contributed by atoms with E-state index >= 15 is 0 Å². The van der Waals surface area contributed by atoms with E-state index in [-0.39, 0.29) is 24.8 Å². The van der Waals surface area contributed by atoms with Crippen LogP contribution in [0.4, 0.5) is 0 Å². The van der Waals surface area contributed by atoms with Crippen molar-refractivity contribution in [1.29, 1.82) is 0 Å². The lowest BCUT2D eigenvalue weighted by molar-refractivity contribution is 0.621. The van der Waals surface area contributed by atoms with Crippen LogP contribution in [-0.2, 0) is 13.0 Å². The third-order valence-electron chi connectivity index (χ3n) is 2.54. The minimum atomic E-state index is 0. The van der Waals surface area contributed by atoms with Gasteiger partial charge in [-0.3, -0.25) is 0 Å². The number of fused-ring (bicyclic) bond motifs is 3. The average molecular weight is 246 g/mol. The van der Waals surface area contributed by atoms with Gasteiger partial charge in [0.2, 0.25) is 0 Å². The van der Waals surface area contributed by atoms with Crippen LogP contribution >= 0.6 is 24.8 Å². The van der Waals surface area contributed by atoms with E-state index in [4.69, 9.17) is 0 Å². The molecular weight excluding hydrogens is 233 g/mol. The highest BCUT2D eigenvalue weighted by molar-refractivity contribution is 5.85. The van der Waals surface area contributed by atoms with Crippen LogP contribution in [0.5, 0.6) is 0 Å². The molecule has 0 bridgehead atoms. The number of hydrogen-bond acceptors (Lipinski definition) is 2. The number of rotatable bonds is 0. The third-order valence-corrected chi connectivity index (χ3v) is 2.54. The van der Waals surface area contributed by atoms with Crippen molar-refractivity contribution in [3.05, 3.63) is 35.8 Å². The van der Waals surface area contributed by atoms with E-state index in [1.807, 2.05) is 12.1 Å². The molecule has 0 fully saturated rings. The SMILES string of the molecule is Cl.Cl.c1ccn2c3c(nc2c1)CCNC3. The summed E-state index contributed by atoms with van der Waals surface area (Å²) in [6.45, 7) is 2.00. The Kier molecular flexibility index (Phi) is 3.97. The molecule has 1 N–H and O–H groups in total. The molecule has 82 valence electrons. The molecule has 0 aliphatic carbocycles. The van der Waals surface area contributed by atoms with Gasteiger partial charge in [0.15, 0.2) is 0 Å². The molecule has 1 aliphatic rings. The van der Waals surface area contributed by atoms with Crippen LogP contribution in [-0.4, -0.2) is 15.9 Å². The van der Waals surface area contributed by atoms with Crippen LogP contribution in [0.3, 0.4) is 0 Å². The van der Waals surface area contributed by atoms with Gasteiger partial charge in [0, 0.05) is 25.7 Å². The molecule has 0 saturated heterocycles. The third kappa shape index (κ3) is 1.95. The molecule has 3 rings (SSSR count). The monoisotopic (exact) mass is 245 g/mol. The number of nitrogens with zero attached hydrogens (tertiary/aromatic N) is 2. The zero-order valence-corrected chi connectivity index (χ0v) is 9.77. The van der Waals surface area contributed by atoms with Gasteiger partial charge in [0.25, 0.3) is 0 Å². The Hall–Kier alpha value is -0.770. The zero-order valence-electron chi connectivity index (χ0n) is 8.14.